The van der Waals surface area contributed by atoms with Crippen LogP contribution < -0.4 is 0 Å². The van der Waals surface area contributed by atoms with E-state index in [4.69, 9.17) is 0 Å². The Morgan fingerprint density at radius 1 is 1.19 bits per heavy atom. The van der Waals surface area contributed by atoms with Crippen molar-refractivity contribution in [1.82, 2.24) is 19.7 Å². The van der Waals surface area contributed by atoms with E-state index in [2.05, 4.69) is 19.7 Å². The van der Waals surface area contributed by atoms with E-state index in [9.17, 15) is 4.79 Å². The molecule has 5 nitrogen and oxygen atoms in total. The smallest absolute Gasteiger partial charge is 0.191 e. The van der Waals surface area contributed by atoms with Gasteiger partial charge < -0.3 is 9.55 Å². The molecular weight excluding hydrogens is 344 g/mol. The van der Waals surface area contributed by atoms with Crippen LogP contribution in [0.5, 0.6) is 0 Å². The van der Waals surface area contributed by atoms with Crippen molar-refractivity contribution >= 4 is 28.4 Å². The van der Waals surface area contributed by atoms with Crippen molar-refractivity contribution in [3.63, 3.8) is 0 Å². The summed E-state index contributed by atoms with van der Waals surface area (Å²) in [6.45, 7) is 3.98. The van der Waals surface area contributed by atoms with Gasteiger partial charge in [-0.25, -0.2) is 0 Å². The number of aryl methyl sites for hydroxylation is 2. The summed E-state index contributed by atoms with van der Waals surface area (Å²) < 4.78 is 2.25. The summed E-state index contributed by atoms with van der Waals surface area (Å²) in [4.78, 5) is 16.2. The van der Waals surface area contributed by atoms with Crippen LogP contribution in [0.25, 0.3) is 10.9 Å². The molecule has 1 aliphatic carbocycles. The number of thioether (sulfide) groups is 1. The Labute approximate surface area is 157 Å². The maximum absolute atomic E-state index is 12.9. The van der Waals surface area contributed by atoms with Crippen molar-refractivity contribution in [3.8, 4) is 0 Å². The zero-order valence-corrected chi connectivity index (χ0v) is 16.1. The maximum Gasteiger partial charge on any atom is 0.191 e. The molecule has 1 N–H and O–H groups in total. The van der Waals surface area contributed by atoms with E-state index in [0.717, 1.165) is 33.1 Å². The first-order valence-electron chi connectivity index (χ1n) is 9.30. The van der Waals surface area contributed by atoms with Gasteiger partial charge >= 0.3 is 0 Å². The summed E-state index contributed by atoms with van der Waals surface area (Å²) in [7, 11) is 0. The summed E-state index contributed by atoms with van der Waals surface area (Å²) in [6.07, 6.45) is 6.21. The minimum atomic E-state index is 0.140. The lowest BCUT2D eigenvalue weighted by atomic mass is 9.95. The first-order chi connectivity index (χ1) is 12.6. The largest absolute Gasteiger partial charge is 0.358 e. The van der Waals surface area contributed by atoms with Crippen molar-refractivity contribution in [2.24, 2.45) is 0 Å². The van der Waals surface area contributed by atoms with Gasteiger partial charge in [0, 0.05) is 28.2 Å². The number of rotatable bonds is 5. The third-order valence-corrected chi connectivity index (χ3v) is 6.22. The van der Waals surface area contributed by atoms with Gasteiger partial charge in [0.1, 0.15) is 5.82 Å². The number of H-pyrrole nitrogens is 1. The molecule has 6 heteroatoms. The lowest BCUT2D eigenvalue weighted by Crippen LogP contribution is -2.15. The van der Waals surface area contributed by atoms with Crippen molar-refractivity contribution in [2.75, 3.05) is 5.75 Å². The fourth-order valence-corrected chi connectivity index (χ4v) is 4.97. The molecule has 0 bridgehead atoms. The SMILES string of the molecule is Cc1[nH]c2ccccc2c1C(=O)CSc1nnc(C)n1C1CCCCC1. The second kappa shape index (κ2) is 7.27. The van der Waals surface area contributed by atoms with Gasteiger partial charge in [-0.1, -0.05) is 49.2 Å². The molecule has 0 saturated heterocycles. The van der Waals surface area contributed by atoms with Crippen LogP contribution in [0, 0.1) is 13.8 Å². The zero-order valence-electron chi connectivity index (χ0n) is 15.3. The van der Waals surface area contributed by atoms with Gasteiger partial charge in [-0.05, 0) is 32.8 Å². The molecule has 2 heterocycles. The lowest BCUT2D eigenvalue weighted by Gasteiger charge is -2.24. The average molecular weight is 369 g/mol. The number of fused-ring (bicyclic) bond motifs is 1. The van der Waals surface area contributed by atoms with E-state index in [1.807, 2.05) is 38.1 Å². The summed E-state index contributed by atoms with van der Waals surface area (Å²) in [5.41, 5.74) is 2.75. The van der Waals surface area contributed by atoms with Crippen molar-refractivity contribution in [1.29, 1.82) is 0 Å². The first kappa shape index (κ1) is 17.3. The van der Waals surface area contributed by atoms with E-state index in [1.54, 1.807) is 0 Å². The lowest BCUT2D eigenvalue weighted by molar-refractivity contribution is 0.102. The number of nitrogens with one attached hydrogen (secondary N) is 1. The van der Waals surface area contributed by atoms with Crippen LogP contribution in [0.3, 0.4) is 0 Å². The number of Topliss-reactive ketones (excluding diaryl/α,β-unsaturated/α-hetero) is 1. The number of aromatic nitrogens is 4. The van der Waals surface area contributed by atoms with Gasteiger partial charge in [-0.2, -0.15) is 0 Å². The molecule has 3 aromatic rings. The number of nitrogens with zero attached hydrogens (tertiary/aromatic N) is 3. The normalized spacial score (nSPS) is 15.6. The molecule has 1 aliphatic rings. The first-order valence-corrected chi connectivity index (χ1v) is 10.3. The Balaban J connectivity index is 1.54. The Bertz CT molecular complexity index is 937. The summed E-state index contributed by atoms with van der Waals surface area (Å²) in [5, 5.41) is 10.5. The number of aromatic amines is 1. The molecule has 4 rings (SSSR count). The van der Waals surface area contributed by atoms with Crippen LogP contribution in [0.1, 0.15) is 60.0 Å². The minimum Gasteiger partial charge on any atom is -0.358 e. The topological polar surface area (TPSA) is 63.6 Å². The number of hydrogen-bond donors (Lipinski definition) is 1. The van der Waals surface area contributed by atoms with Gasteiger partial charge in [0.25, 0.3) is 0 Å². The molecule has 0 radical (unpaired) electrons. The molecule has 1 saturated carbocycles. The predicted octanol–water partition coefficient (Wildman–Crippen LogP) is 4.86. The van der Waals surface area contributed by atoms with Gasteiger partial charge in [-0.15, -0.1) is 10.2 Å². The van der Waals surface area contributed by atoms with Crippen LogP contribution >= 0.6 is 11.8 Å². The fourth-order valence-electron chi connectivity index (χ4n) is 4.05. The van der Waals surface area contributed by atoms with E-state index in [-0.39, 0.29) is 5.78 Å². The predicted molar refractivity (Wildman–Crippen MR) is 105 cm³/mol. The third-order valence-electron chi connectivity index (χ3n) is 5.28. The highest BCUT2D eigenvalue weighted by atomic mass is 32.2. The zero-order chi connectivity index (χ0) is 18.1. The van der Waals surface area contributed by atoms with Gasteiger partial charge in [0.2, 0.25) is 0 Å². The van der Waals surface area contributed by atoms with E-state index >= 15 is 0 Å². The molecule has 0 amide bonds. The maximum atomic E-state index is 12.9. The number of ketones is 1. The van der Waals surface area contributed by atoms with Gasteiger partial charge in [0.05, 0.1) is 5.75 Å². The van der Waals surface area contributed by atoms with Crippen LogP contribution in [-0.2, 0) is 0 Å². The van der Waals surface area contributed by atoms with Crippen LogP contribution in [-0.4, -0.2) is 31.3 Å². The molecule has 1 aromatic carbocycles. The Morgan fingerprint density at radius 3 is 2.77 bits per heavy atom. The van der Waals surface area contributed by atoms with E-state index in [1.165, 1.54) is 43.9 Å². The molecule has 1 fully saturated rings. The quantitative estimate of drug-likeness (QED) is 0.516. The van der Waals surface area contributed by atoms with Crippen LogP contribution in [0.4, 0.5) is 0 Å². The van der Waals surface area contributed by atoms with Gasteiger partial charge in [0.15, 0.2) is 10.9 Å². The number of benzene rings is 1. The standard InChI is InChI=1S/C20H24N4OS/c1-13-19(16-10-6-7-11-17(16)21-13)18(25)12-26-20-23-22-14(2)24(20)15-8-4-3-5-9-15/h6-7,10-11,15,21H,3-5,8-9,12H2,1-2H3. The summed E-state index contributed by atoms with van der Waals surface area (Å²) in [5.74, 6) is 1.48. The summed E-state index contributed by atoms with van der Waals surface area (Å²) >= 11 is 1.51. The molecule has 0 atom stereocenters. The highest BCUT2D eigenvalue weighted by Crippen LogP contribution is 2.33. The van der Waals surface area contributed by atoms with Crippen molar-refractivity contribution in [2.45, 2.75) is 57.1 Å². The molecule has 2 aromatic heterocycles. The Kier molecular flexibility index (Phi) is 4.85. The minimum absolute atomic E-state index is 0.140. The summed E-state index contributed by atoms with van der Waals surface area (Å²) in [6, 6.07) is 8.45. The molecule has 0 unspecified atom stereocenters. The number of hydrogen-bond acceptors (Lipinski definition) is 4. The number of carbonyl (C=O) groups excluding carboxylic acids is 1. The second-order valence-corrected chi connectivity index (χ2v) is 8.02. The van der Waals surface area contributed by atoms with E-state index < -0.39 is 0 Å². The highest BCUT2D eigenvalue weighted by molar-refractivity contribution is 7.99. The van der Waals surface area contributed by atoms with Crippen molar-refractivity contribution in [3.05, 3.63) is 41.3 Å². The molecular formula is C20H24N4OS. The second-order valence-electron chi connectivity index (χ2n) is 7.07. The van der Waals surface area contributed by atoms with Crippen LogP contribution in [0.15, 0.2) is 29.4 Å². The monoisotopic (exact) mass is 368 g/mol. The Hall–Kier alpha value is -2.08. The van der Waals surface area contributed by atoms with Crippen molar-refractivity contribution < 1.29 is 4.79 Å². The Morgan fingerprint density at radius 2 is 1.96 bits per heavy atom. The highest BCUT2D eigenvalue weighted by Gasteiger charge is 2.23. The third kappa shape index (κ3) is 3.18. The average Bonchev–Trinajstić information content (AvgIpc) is 3.19. The molecule has 0 aliphatic heterocycles. The number of para-hydroxylation sites is 1. The van der Waals surface area contributed by atoms with E-state index in [0.29, 0.717) is 11.8 Å². The molecule has 0 spiro atoms. The van der Waals surface area contributed by atoms with Gasteiger partial charge in [-0.3, -0.25) is 4.79 Å². The molecule has 26 heavy (non-hydrogen) atoms. The fraction of sp³-hybridized carbons (Fsp3) is 0.450. The molecule has 136 valence electrons. The number of carbonyl (C=O) groups is 1. The van der Waals surface area contributed by atoms with Crippen LogP contribution in [0.2, 0.25) is 0 Å².